The van der Waals surface area contributed by atoms with E-state index >= 15 is 0 Å². The Morgan fingerprint density at radius 3 is 2.88 bits per heavy atom. The number of ether oxygens (including phenoxy) is 1. The molecule has 2 aromatic rings. The van der Waals surface area contributed by atoms with Crippen molar-refractivity contribution in [3.8, 4) is 12.0 Å². The highest BCUT2D eigenvalue weighted by Gasteiger charge is 2.08. The lowest BCUT2D eigenvalue weighted by Gasteiger charge is -2.06. The van der Waals surface area contributed by atoms with Gasteiger partial charge in [0.25, 0.3) is 5.95 Å². The van der Waals surface area contributed by atoms with E-state index in [-0.39, 0.29) is 0 Å². The molecule has 0 aromatic carbocycles. The van der Waals surface area contributed by atoms with Crippen molar-refractivity contribution in [1.82, 2.24) is 24.7 Å². The number of nitrogens with one attached hydrogen (secondary N) is 1. The zero-order valence-electron chi connectivity index (χ0n) is 9.79. The minimum Gasteiger partial charge on any atom is -0.463 e. The van der Waals surface area contributed by atoms with Gasteiger partial charge in [0.1, 0.15) is 0 Å². The van der Waals surface area contributed by atoms with E-state index in [0.717, 1.165) is 6.42 Å². The van der Waals surface area contributed by atoms with Crippen molar-refractivity contribution < 1.29 is 4.74 Å². The zero-order chi connectivity index (χ0) is 12.1. The summed E-state index contributed by atoms with van der Waals surface area (Å²) in [7, 11) is 1.74. The molecule has 0 fully saturated rings. The summed E-state index contributed by atoms with van der Waals surface area (Å²) in [5, 5.41) is 6.93. The molecule has 0 unspecified atom stereocenters. The van der Waals surface area contributed by atoms with Gasteiger partial charge >= 0.3 is 6.01 Å². The van der Waals surface area contributed by atoms with E-state index in [1.165, 1.54) is 0 Å². The Kier molecular flexibility index (Phi) is 3.49. The number of hydrogen-bond donors (Lipinski definition) is 1. The van der Waals surface area contributed by atoms with Crippen LogP contribution in [0.1, 0.15) is 13.3 Å². The highest BCUT2D eigenvalue weighted by Crippen LogP contribution is 2.10. The van der Waals surface area contributed by atoms with Crippen LogP contribution in [0.4, 0.5) is 5.95 Å². The highest BCUT2D eigenvalue weighted by atomic mass is 16.5. The maximum absolute atomic E-state index is 5.39. The molecule has 0 bridgehead atoms. The van der Waals surface area contributed by atoms with Crippen LogP contribution in [0.15, 0.2) is 18.5 Å². The molecule has 0 spiro atoms. The van der Waals surface area contributed by atoms with Crippen LogP contribution in [-0.4, -0.2) is 38.4 Å². The summed E-state index contributed by atoms with van der Waals surface area (Å²) in [6.45, 7) is 2.60. The minimum atomic E-state index is 0.302. The van der Waals surface area contributed by atoms with Gasteiger partial charge in [-0.3, -0.25) is 0 Å². The molecule has 0 radical (unpaired) electrons. The van der Waals surface area contributed by atoms with Crippen molar-refractivity contribution in [2.75, 3.05) is 19.0 Å². The molecular weight excluding hydrogens is 220 g/mol. The molecular formula is C10H14N6O. The van der Waals surface area contributed by atoms with Crippen molar-refractivity contribution in [3.05, 3.63) is 18.5 Å². The van der Waals surface area contributed by atoms with E-state index in [4.69, 9.17) is 4.74 Å². The normalized spacial score (nSPS) is 10.2. The monoisotopic (exact) mass is 234 g/mol. The van der Waals surface area contributed by atoms with Gasteiger partial charge in [-0.15, -0.1) is 0 Å². The van der Waals surface area contributed by atoms with Crippen LogP contribution in [0.3, 0.4) is 0 Å². The fourth-order valence-corrected chi connectivity index (χ4v) is 1.21. The van der Waals surface area contributed by atoms with Crippen molar-refractivity contribution >= 4 is 5.95 Å². The molecule has 7 heteroatoms. The van der Waals surface area contributed by atoms with Gasteiger partial charge in [0.15, 0.2) is 0 Å². The molecule has 17 heavy (non-hydrogen) atoms. The second kappa shape index (κ2) is 5.24. The van der Waals surface area contributed by atoms with Crippen LogP contribution in [0, 0.1) is 0 Å². The third-order valence-electron chi connectivity index (χ3n) is 1.97. The molecule has 1 N–H and O–H groups in total. The first-order chi connectivity index (χ1) is 8.33. The van der Waals surface area contributed by atoms with Gasteiger partial charge < -0.3 is 10.1 Å². The van der Waals surface area contributed by atoms with E-state index in [1.54, 1.807) is 30.2 Å². The van der Waals surface area contributed by atoms with Gasteiger partial charge in [0.05, 0.1) is 6.61 Å². The van der Waals surface area contributed by atoms with Crippen molar-refractivity contribution in [1.29, 1.82) is 0 Å². The molecule has 2 aromatic heterocycles. The third kappa shape index (κ3) is 2.68. The Morgan fingerprint density at radius 2 is 2.24 bits per heavy atom. The van der Waals surface area contributed by atoms with Gasteiger partial charge in [-0.2, -0.15) is 20.1 Å². The van der Waals surface area contributed by atoms with Gasteiger partial charge in [-0.1, -0.05) is 6.92 Å². The van der Waals surface area contributed by atoms with Gasteiger partial charge in [-0.05, 0) is 12.5 Å². The summed E-state index contributed by atoms with van der Waals surface area (Å²) in [6, 6.07) is 2.10. The minimum absolute atomic E-state index is 0.302. The summed E-state index contributed by atoms with van der Waals surface area (Å²) in [5.74, 6) is 0.886. The van der Waals surface area contributed by atoms with E-state index in [0.29, 0.717) is 24.5 Å². The Hall–Kier alpha value is -2.18. The summed E-state index contributed by atoms with van der Waals surface area (Å²) in [6.07, 6.45) is 4.32. The quantitative estimate of drug-likeness (QED) is 0.827. The Labute approximate surface area is 98.9 Å². The maximum atomic E-state index is 5.39. The van der Waals surface area contributed by atoms with Crippen LogP contribution in [0.5, 0.6) is 6.01 Å². The Bertz CT molecular complexity index is 470. The number of rotatable bonds is 5. The molecule has 7 nitrogen and oxygen atoms in total. The summed E-state index contributed by atoms with van der Waals surface area (Å²) < 4.78 is 6.95. The average molecular weight is 234 g/mol. The molecule has 2 rings (SSSR count). The number of aromatic nitrogens is 5. The van der Waals surface area contributed by atoms with Gasteiger partial charge in [0.2, 0.25) is 5.95 Å². The first-order valence-electron chi connectivity index (χ1n) is 5.40. The van der Waals surface area contributed by atoms with Gasteiger partial charge in [-0.25, -0.2) is 4.68 Å². The summed E-state index contributed by atoms with van der Waals surface area (Å²) >= 11 is 0. The largest absolute Gasteiger partial charge is 0.463 e. The molecule has 0 atom stereocenters. The van der Waals surface area contributed by atoms with Crippen molar-refractivity contribution in [3.63, 3.8) is 0 Å². The summed E-state index contributed by atoms with van der Waals surface area (Å²) in [5.41, 5.74) is 0. The first kappa shape index (κ1) is 11.3. The van der Waals surface area contributed by atoms with Crippen LogP contribution in [0.2, 0.25) is 0 Å². The second-order valence-corrected chi connectivity index (χ2v) is 3.29. The molecule has 0 amide bonds. The SMILES string of the molecule is CCCOc1nc(NC)nc(-n2cccn2)n1. The predicted molar refractivity (Wildman–Crippen MR) is 62.3 cm³/mol. The Balaban J connectivity index is 2.32. The number of nitrogens with zero attached hydrogens (tertiary/aromatic N) is 5. The predicted octanol–water partition coefficient (Wildman–Crippen LogP) is 0.888. The number of hydrogen-bond acceptors (Lipinski definition) is 6. The third-order valence-corrected chi connectivity index (χ3v) is 1.97. The lowest BCUT2D eigenvalue weighted by Crippen LogP contribution is -2.09. The van der Waals surface area contributed by atoms with Crippen LogP contribution in [-0.2, 0) is 0 Å². The van der Waals surface area contributed by atoms with E-state index in [9.17, 15) is 0 Å². The van der Waals surface area contributed by atoms with Gasteiger partial charge in [0, 0.05) is 19.4 Å². The molecule has 0 aliphatic carbocycles. The van der Waals surface area contributed by atoms with E-state index < -0.39 is 0 Å². The van der Waals surface area contributed by atoms with Crippen molar-refractivity contribution in [2.45, 2.75) is 13.3 Å². The Morgan fingerprint density at radius 1 is 1.35 bits per heavy atom. The van der Waals surface area contributed by atoms with Crippen LogP contribution < -0.4 is 10.1 Å². The smallest absolute Gasteiger partial charge is 0.323 e. The fraction of sp³-hybridized carbons (Fsp3) is 0.400. The molecule has 0 aliphatic rings. The lowest BCUT2D eigenvalue weighted by atomic mass is 10.5. The van der Waals surface area contributed by atoms with Crippen LogP contribution in [0.25, 0.3) is 5.95 Å². The molecule has 90 valence electrons. The first-order valence-corrected chi connectivity index (χ1v) is 5.40. The highest BCUT2D eigenvalue weighted by molar-refractivity contribution is 5.28. The molecule has 0 saturated carbocycles. The topological polar surface area (TPSA) is 77.8 Å². The zero-order valence-corrected chi connectivity index (χ0v) is 9.79. The second-order valence-electron chi connectivity index (χ2n) is 3.29. The van der Waals surface area contributed by atoms with Crippen LogP contribution >= 0.6 is 0 Å². The average Bonchev–Trinajstić information content (AvgIpc) is 2.89. The lowest BCUT2D eigenvalue weighted by molar-refractivity contribution is 0.291. The molecule has 0 aliphatic heterocycles. The number of anilines is 1. The molecule has 0 saturated heterocycles. The maximum Gasteiger partial charge on any atom is 0.323 e. The fourth-order valence-electron chi connectivity index (χ4n) is 1.21. The van der Waals surface area contributed by atoms with Crippen molar-refractivity contribution in [2.24, 2.45) is 0 Å². The molecule has 2 heterocycles. The van der Waals surface area contributed by atoms with E-state index in [2.05, 4.69) is 25.4 Å². The standard InChI is InChI=1S/C10H14N6O/c1-3-7-17-10-14-8(11-2)13-9(15-10)16-6-4-5-12-16/h4-6H,3,7H2,1-2H3,(H,11,13,14,15). The van der Waals surface area contributed by atoms with E-state index in [1.807, 2.05) is 6.92 Å². The summed E-state index contributed by atoms with van der Waals surface area (Å²) in [4.78, 5) is 12.5.